The van der Waals surface area contributed by atoms with Crippen molar-refractivity contribution in [1.29, 1.82) is 0 Å². The lowest BCUT2D eigenvalue weighted by molar-refractivity contribution is 1.19. The molecule has 0 spiro atoms. The van der Waals surface area contributed by atoms with Gasteiger partial charge in [-0.05, 0) is 40.5 Å². The fourth-order valence-electron chi connectivity index (χ4n) is 7.38. The maximum atomic E-state index is 2.45. The lowest BCUT2D eigenvalue weighted by Crippen LogP contribution is -1.93. The number of rotatable bonds is 4. The molecule has 220 valence electrons. The van der Waals surface area contributed by atoms with E-state index in [1.54, 1.807) is 0 Å². The van der Waals surface area contributed by atoms with Crippen molar-refractivity contribution in [3.05, 3.63) is 164 Å². The number of benzene rings is 7. The highest BCUT2D eigenvalue weighted by molar-refractivity contribution is 7.27. The second kappa shape index (κ2) is 10.5. The molecule has 0 atom stereocenters. The van der Waals surface area contributed by atoms with Crippen LogP contribution in [0.15, 0.2) is 164 Å². The summed E-state index contributed by atoms with van der Waals surface area (Å²) in [5.41, 5.74) is 11.4. The molecule has 0 aliphatic heterocycles. The van der Waals surface area contributed by atoms with Gasteiger partial charge in [-0.25, -0.2) is 0 Å². The van der Waals surface area contributed by atoms with Crippen LogP contribution in [0, 0.1) is 0 Å². The van der Waals surface area contributed by atoms with E-state index < -0.39 is 0 Å². The molecule has 0 fully saturated rings. The monoisotopic (exact) mass is 633 g/mol. The number of para-hydroxylation sites is 2. The second-order valence-electron chi connectivity index (χ2n) is 12.0. The van der Waals surface area contributed by atoms with Gasteiger partial charge in [0.15, 0.2) is 0 Å². The molecule has 1 nitrogen and oxygen atoms in total. The molecule has 3 heterocycles. The van der Waals surface area contributed by atoms with Gasteiger partial charge >= 0.3 is 0 Å². The Bertz CT molecular complexity index is 2780. The predicted molar refractivity (Wildman–Crippen MR) is 205 cm³/mol. The summed E-state index contributed by atoms with van der Waals surface area (Å²) < 4.78 is 7.79. The molecule has 7 aromatic carbocycles. The van der Waals surface area contributed by atoms with E-state index in [0.29, 0.717) is 0 Å². The maximum Gasteiger partial charge on any atom is 0.0727 e. The summed E-state index contributed by atoms with van der Waals surface area (Å²) in [5, 5.41) is 5.24. The van der Waals surface area contributed by atoms with Gasteiger partial charge in [0.2, 0.25) is 0 Å². The van der Waals surface area contributed by atoms with Gasteiger partial charge in [-0.2, -0.15) is 0 Å². The summed E-state index contributed by atoms with van der Waals surface area (Å²) >= 11 is 3.84. The minimum absolute atomic E-state index is 1.19. The summed E-state index contributed by atoms with van der Waals surface area (Å²) in [6.07, 6.45) is 0. The van der Waals surface area contributed by atoms with E-state index in [9.17, 15) is 0 Å². The van der Waals surface area contributed by atoms with Crippen molar-refractivity contribution in [3.8, 4) is 39.1 Å². The lowest BCUT2D eigenvalue weighted by atomic mass is 9.93. The number of hydrogen-bond donors (Lipinski definition) is 0. The van der Waals surface area contributed by atoms with Gasteiger partial charge < -0.3 is 4.57 Å². The molecule has 0 saturated heterocycles. The third-order valence-electron chi connectivity index (χ3n) is 9.43. The van der Waals surface area contributed by atoms with Crippen LogP contribution >= 0.6 is 22.7 Å². The Labute approximate surface area is 280 Å². The highest BCUT2D eigenvalue weighted by Crippen LogP contribution is 2.49. The fraction of sp³-hybridized carbons (Fsp3) is 0. The zero-order valence-corrected chi connectivity index (χ0v) is 27.0. The van der Waals surface area contributed by atoms with Crippen molar-refractivity contribution in [1.82, 2.24) is 4.57 Å². The molecule has 3 heteroatoms. The first kappa shape index (κ1) is 26.7. The van der Waals surface area contributed by atoms with Gasteiger partial charge in [-0.15, -0.1) is 22.7 Å². The number of nitrogens with zero attached hydrogens (tertiary/aromatic N) is 1. The molecular formula is C44H27NS2. The molecule has 47 heavy (non-hydrogen) atoms. The Balaban J connectivity index is 1.23. The van der Waals surface area contributed by atoms with E-state index in [0.717, 1.165) is 0 Å². The first-order valence-electron chi connectivity index (χ1n) is 15.9. The van der Waals surface area contributed by atoms with Crippen LogP contribution in [0.2, 0.25) is 0 Å². The summed E-state index contributed by atoms with van der Waals surface area (Å²) in [7, 11) is 0. The Hall–Kier alpha value is -5.48. The number of thiophene rings is 2. The van der Waals surface area contributed by atoms with Crippen molar-refractivity contribution in [2.45, 2.75) is 0 Å². The molecule has 0 radical (unpaired) electrons. The number of aromatic nitrogens is 1. The van der Waals surface area contributed by atoms with Gasteiger partial charge in [-0.3, -0.25) is 0 Å². The zero-order valence-electron chi connectivity index (χ0n) is 25.4. The molecule has 0 aliphatic rings. The van der Waals surface area contributed by atoms with Crippen LogP contribution in [0.3, 0.4) is 0 Å². The minimum Gasteiger partial charge on any atom is -0.308 e. The minimum atomic E-state index is 1.19. The lowest BCUT2D eigenvalue weighted by Gasteiger charge is -2.13. The van der Waals surface area contributed by atoms with Crippen LogP contribution in [-0.4, -0.2) is 4.57 Å². The van der Waals surface area contributed by atoms with E-state index in [-0.39, 0.29) is 0 Å². The molecule has 0 saturated carbocycles. The summed E-state index contributed by atoms with van der Waals surface area (Å²) in [5.74, 6) is 0. The van der Waals surface area contributed by atoms with Gasteiger partial charge in [-0.1, -0.05) is 146 Å². The Morgan fingerprint density at radius 1 is 0.319 bits per heavy atom. The second-order valence-corrected chi connectivity index (χ2v) is 14.1. The van der Waals surface area contributed by atoms with Crippen LogP contribution in [0.1, 0.15) is 0 Å². The van der Waals surface area contributed by atoms with Crippen LogP contribution in [0.25, 0.3) is 90.4 Å². The number of fused-ring (bicyclic) bond motifs is 8. The molecule has 0 amide bonds. The standard InChI is InChI=1S/C44H27NS2/c1-3-14-28(15-4-1)30-21-11-24-35-36-25-12-22-33(42(36)46-41(30)35)31-18-7-8-19-32(31)34-23-13-26-38-40-44(47-43(34)38)37-20-9-10-27-39(37)45(40)29-16-5-2-6-17-29/h1-27H. The Morgan fingerprint density at radius 2 is 0.787 bits per heavy atom. The normalized spacial score (nSPS) is 11.8. The van der Waals surface area contributed by atoms with Crippen molar-refractivity contribution >= 4 is 74.1 Å². The van der Waals surface area contributed by atoms with Crippen molar-refractivity contribution in [2.75, 3.05) is 0 Å². The molecule has 0 unspecified atom stereocenters. The van der Waals surface area contributed by atoms with E-state index in [1.165, 1.54) is 90.4 Å². The van der Waals surface area contributed by atoms with E-state index in [4.69, 9.17) is 0 Å². The molecule has 0 aliphatic carbocycles. The Morgan fingerprint density at radius 3 is 1.49 bits per heavy atom. The topological polar surface area (TPSA) is 4.93 Å². The maximum absolute atomic E-state index is 2.45. The van der Waals surface area contributed by atoms with Crippen LogP contribution in [-0.2, 0) is 0 Å². The van der Waals surface area contributed by atoms with Gasteiger partial charge in [0.1, 0.15) is 0 Å². The molecule has 10 rings (SSSR count). The first-order valence-corrected chi connectivity index (χ1v) is 17.6. The SMILES string of the molecule is c1ccc(-c2cccc3c2sc2c(-c4ccccc4-c4cccc5c4sc4c6ccccc6n(-c6ccccc6)c54)cccc23)cc1. The van der Waals surface area contributed by atoms with Crippen molar-refractivity contribution < 1.29 is 0 Å². The highest BCUT2D eigenvalue weighted by Gasteiger charge is 2.21. The van der Waals surface area contributed by atoms with E-state index in [2.05, 4.69) is 168 Å². The fourth-order valence-corrected chi connectivity index (χ4v) is 10.1. The van der Waals surface area contributed by atoms with E-state index in [1.807, 2.05) is 22.7 Å². The summed E-state index contributed by atoms with van der Waals surface area (Å²) in [6, 6.07) is 59.7. The highest BCUT2D eigenvalue weighted by atomic mass is 32.1. The molecule has 0 bridgehead atoms. The number of hydrogen-bond acceptors (Lipinski definition) is 2. The largest absolute Gasteiger partial charge is 0.308 e. The smallest absolute Gasteiger partial charge is 0.0727 e. The molecular weight excluding hydrogens is 607 g/mol. The summed E-state index contributed by atoms with van der Waals surface area (Å²) in [4.78, 5) is 0. The molecule has 0 N–H and O–H groups in total. The predicted octanol–water partition coefficient (Wildman–Crippen LogP) is 13.4. The molecule has 3 aromatic heterocycles. The van der Waals surface area contributed by atoms with E-state index >= 15 is 0 Å². The van der Waals surface area contributed by atoms with Gasteiger partial charge in [0.05, 0.1) is 15.7 Å². The third kappa shape index (κ3) is 4.01. The molecule has 10 aromatic rings. The van der Waals surface area contributed by atoms with Gasteiger partial charge in [0, 0.05) is 52.5 Å². The van der Waals surface area contributed by atoms with Crippen LogP contribution in [0.5, 0.6) is 0 Å². The van der Waals surface area contributed by atoms with Gasteiger partial charge in [0.25, 0.3) is 0 Å². The van der Waals surface area contributed by atoms with Crippen LogP contribution < -0.4 is 0 Å². The van der Waals surface area contributed by atoms with Crippen molar-refractivity contribution in [3.63, 3.8) is 0 Å². The average molecular weight is 634 g/mol. The van der Waals surface area contributed by atoms with Crippen molar-refractivity contribution in [2.24, 2.45) is 0 Å². The quantitative estimate of drug-likeness (QED) is 0.182. The Kier molecular flexibility index (Phi) is 5.98. The third-order valence-corrected chi connectivity index (χ3v) is 12.0. The summed E-state index contributed by atoms with van der Waals surface area (Å²) in [6.45, 7) is 0. The van der Waals surface area contributed by atoms with Crippen LogP contribution in [0.4, 0.5) is 0 Å². The average Bonchev–Trinajstić information content (AvgIpc) is 3.81. The zero-order chi connectivity index (χ0) is 30.9. The first-order chi connectivity index (χ1) is 23.3.